The third-order valence-corrected chi connectivity index (χ3v) is 1.77. The SMILES string of the molecule is F.c1ccc(Cc2ncc[nH]2)cc1. The van der Waals surface area contributed by atoms with Gasteiger partial charge >= 0.3 is 0 Å². The first-order chi connectivity index (χ1) is 5.95. The van der Waals surface area contributed by atoms with E-state index in [9.17, 15) is 0 Å². The molecular formula is C10H11FN2. The minimum absolute atomic E-state index is 0. The molecular weight excluding hydrogens is 167 g/mol. The molecule has 0 aliphatic carbocycles. The van der Waals surface area contributed by atoms with Crippen molar-refractivity contribution in [3.8, 4) is 0 Å². The van der Waals surface area contributed by atoms with Crippen LogP contribution in [0.3, 0.4) is 0 Å². The van der Waals surface area contributed by atoms with Crippen molar-refractivity contribution in [1.29, 1.82) is 0 Å². The molecule has 0 aliphatic heterocycles. The average Bonchev–Trinajstić information content (AvgIpc) is 2.59. The number of nitrogens with zero attached hydrogens (tertiary/aromatic N) is 1. The first-order valence-electron chi connectivity index (χ1n) is 3.97. The Morgan fingerprint density at radius 3 is 2.54 bits per heavy atom. The summed E-state index contributed by atoms with van der Waals surface area (Å²) in [5, 5.41) is 0. The maximum Gasteiger partial charge on any atom is 0.110 e. The van der Waals surface area contributed by atoms with Crippen LogP contribution in [0.2, 0.25) is 0 Å². The highest BCUT2D eigenvalue weighted by molar-refractivity contribution is 5.18. The molecule has 0 fully saturated rings. The van der Waals surface area contributed by atoms with Crippen molar-refractivity contribution in [2.24, 2.45) is 0 Å². The van der Waals surface area contributed by atoms with Gasteiger partial charge in [-0.2, -0.15) is 0 Å². The molecule has 0 bridgehead atoms. The molecule has 68 valence electrons. The lowest BCUT2D eigenvalue weighted by atomic mass is 10.1. The van der Waals surface area contributed by atoms with Gasteiger partial charge in [-0.25, -0.2) is 4.98 Å². The standard InChI is InChI=1S/C10H10N2.FH/c1-2-4-9(5-3-1)8-10-11-6-7-12-10;/h1-7H,8H2,(H,11,12);1H. The van der Waals surface area contributed by atoms with Gasteiger partial charge < -0.3 is 4.98 Å². The van der Waals surface area contributed by atoms with E-state index in [1.165, 1.54) is 5.56 Å². The first-order valence-corrected chi connectivity index (χ1v) is 3.97. The van der Waals surface area contributed by atoms with E-state index in [1.807, 2.05) is 24.4 Å². The van der Waals surface area contributed by atoms with Gasteiger partial charge in [0.15, 0.2) is 0 Å². The number of imidazole rings is 1. The fourth-order valence-corrected chi connectivity index (χ4v) is 1.18. The van der Waals surface area contributed by atoms with Crippen molar-refractivity contribution in [2.45, 2.75) is 6.42 Å². The number of H-pyrrole nitrogens is 1. The van der Waals surface area contributed by atoms with Crippen LogP contribution in [0.4, 0.5) is 4.70 Å². The van der Waals surface area contributed by atoms with Gasteiger partial charge in [-0.1, -0.05) is 30.3 Å². The molecule has 0 radical (unpaired) electrons. The van der Waals surface area contributed by atoms with E-state index in [0.717, 1.165) is 12.2 Å². The Labute approximate surface area is 76.0 Å². The summed E-state index contributed by atoms with van der Waals surface area (Å²) in [5.74, 6) is 1.02. The summed E-state index contributed by atoms with van der Waals surface area (Å²) in [6, 6.07) is 10.3. The maximum absolute atomic E-state index is 4.16. The second-order valence-electron chi connectivity index (χ2n) is 2.70. The Morgan fingerprint density at radius 1 is 1.15 bits per heavy atom. The zero-order valence-corrected chi connectivity index (χ0v) is 7.10. The highest BCUT2D eigenvalue weighted by Gasteiger charge is 1.95. The summed E-state index contributed by atoms with van der Waals surface area (Å²) in [4.78, 5) is 7.23. The van der Waals surface area contributed by atoms with Crippen LogP contribution in [-0.4, -0.2) is 9.97 Å². The van der Waals surface area contributed by atoms with Crippen LogP contribution in [0, 0.1) is 0 Å². The summed E-state index contributed by atoms with van der Waals surface area (Å²) in [6.07, 6.45) is 4.50. The van der Waals surface area contributed by atoms with E-state index in [0.29, 0.717) is 0 Å². The topological polar surface area (TPSA) is 28.7 Å². The molecule has 1 N–H and O–H groups in total. The number of aromatic nitrogens is 2. The minimum Gasteiger partial charge on any atom is -0.348 e. The number of nitrogens with one attached hydrogen (secondary N) is 1. The predicted octanol–water partition coefficient (Wildman–Crippen LogP) is 2.15. The summed E-state index contributed by atoms with van der Waals surface area (Å²) < 4.78 is 0. The smallest absolute Gasteiger partial charge is 0.110 e. The molecule has 0 saturated heterocycles. The molecule has 0 unspecified atom stereocenters. The first kappa shape index (κ1) is 9.45. The number of benzene rings is 1. The summed E-state index contributed by atoms with van der Waals surface area (Å²) >= 11 is 0. The quantitative estimate of drug-likeness (QED) is 0.750. The summed E-state index contributed by atoms with van der Waals surface area (Å²) in [5.41, 5.74) is 1.28. The Bertz CT molecular complexity index is 329. The van der Waals surface area contributed by atoms with Gasteiger partial charge in [0.25, 0.3) is 0 Å². The van der Waals surface area contributed by atoms with Gasteiger partial charge in [0.1, 0.15) is 5.82 Å². The molecule has 13 heavy (non-hydrogen) atoms. The van der Waals surface area contributed by atoms with E-state index >= 15 is 0 Å². The second-order valence-corrected chi connectivity index (χ2v) is 2.70. The molecule has 0 atom stereocenters. The van der Waals surface area contributed by atoms with Crippen LogP contribution in [0.1, 0.15) is 11.4 Å². The molecule has 0 amide bonds. The lowest BCUT2D eigenvalue weighted by Crippen LogP contribution is -1.89. The Balaban J connectivity index is 0.000000845. The molecule has 2 rings (SSSR count). The molecule has 1 aromatic heterocycles. The van der Waals surface area contributed by atoms with E-state index in [2.05, 4.69) is 22.1 Å². The molecule has 2 aromatic rings. The second kappa shape index (κ2) is 4.40. The number of aromatic amines is 1. The Morgan fingerprint density at radius 2 is 1.92 bits per heavy atom. The molecule has 2 nitrogen and oxygen atoms in total. The molecule has 0 spiro atoms. The molecule has 3 heteroatoms. The zero-order chi connectivity index (χ0) is 8.23. The van der Waals surface area contributed by atoms with Gasteiger partial charge in [-0.3, -0.25) is 4.70 Å². The predicted molar refractivity (Wildman–Crippen MR) is 50.3 cm³/mol. The molecule has 0 aliphatic rings. The van der Waals surface area contributed by atoms with Crippen LogP contribution in [0.25, 0.3) is 0 Å². The monoisotopic (exact) mass is 178 g/mol. The van der Waals surface area contributed by atoms with Crippen molar-refractivity contribution in [3.05, 3.63) is 54.1 Å². The fraction of sp³-hybridized carbons (Fsp3) is 0.100. The number of halogens is 1. The highest BCUT2D eigenvalue weighted by Crippen LogP contribution is 2.03. The normalized spacial score (nSPS) is 9.23. The van der Waals surface area contributed by atoms with Crippen LogP contribution in [0.15, 0.2) is 42.7 Å². The van der Waals surface area contributed by atoms with Crippen LogP contribution >= 0.6 is 0 Å². The van der Waals surface area contributed by atoms with Gasteiger partial charge in [0.2, 0.25) is 0 Å². The van der Waals surface area contributed by atoms with Gasteiger partial charge in [-0.15, -0.1) is 0 Å². The van der Waals surface area contributed by atoms with Crippen LogP contribution in [-0.2, 0) is 6.42 Å². The lowest BCUT2D eigenvalue weighted by molar-refractivity contribution is 1.03. The summed E-state index contributed by atoms with van der Waals surface area (Å²) in [6.45, 7) is 0. The minimum atomic E-state index is 0. The van der Waals surface area contributed by atoms with Gasteiger partial charge in [0, 0.05) is 18.8 Å². The molecule has 1 heterocycles. The van der Waals surface area contributed by atoms with Crippen LogP contribution < -0.4 is 0 Å². The van der Waals surface area contributed by atoms with Crippen molar-refractivity contribution in [1.82, 2.24) is 9.97 Å². The van der Waals surface area contributed by atoms with Crippen LogP contribution in [0.5, 0.6) is 0 Å². The van der Waals surface area contributed by atoms with Gasteiger partial charge in [-0.05, 0) is 5.56 Å². The Kier molecular flexibility index (Phi) is 3.20. The summed E-state index contributed by atoms with van der Waals surface area (Å²) in [7, 11) is 0. The molecule has 0 saturated carbocycles. The fourth-order valence-electron chi connectivity index (χ4n) is 1.18. The van der Waals surface area contributed by atoms with E-state index in [1.54, 1.807) is 6.20 Å². The van der Waals surface area contributed by atoms with Crippen molar-refractivity contribution in [2.75, 3.05) is 0 Å². The number of hydrogen-bond donors (Lipinski definition) is 1. The zero-order valence-electron chi connectivity index (χ0n) is 7.10. The van der Waals surface area contributed by atoms with Gasteiger partial charge in [0.05, 0.1) is 0 Å². The van der Waals surface area contributed by atoms with Crippen molar-refractivity contribution >= 4 is 0 Å². The lowest BCUT2D eigenvalue weighted by Gasteiger charge is -1.95. The number of rotatable bonds is 2. The van der Waals surface area contributed by atoms with E-state index < -0.39 is 0 Å². The van der Waals surface area contributed by atoms with Crippen molar-refractivity contribution in [3.63, 3.8) is 0 Å². The van der Waals surface area contributed by atoms with E-state index in [4.69, 9.17) is 0 Å². The third kappa shape index (κ3) is 2.40. The Hall–Kier alpha value is -1.64. The highest BCUT2D eigenvalue weighted by atomic mass is 19.0. The molecule has 1 aromatic carbocycles. The maximum atomic E-state index is 4.16. The largest absolute Gasteiger partial charge is 0.348 e. The van der Waals surface area contributed by atoms with E-state index in [-0.39, 0.29) is 4.70 Å². The average molecular weight is 178 g/mol. The third-order valence-electron chi connectivity index (χ3n) is 1.77. The number of hydrogen-bond acceptors (Lipinski definition) is 1. The van der Waals surface area contributed by atoms with Crippen molar-refractivity contribution < 1.29 is 4.70 Å².